The van der Waals surface area contributed by atoms with Crippen molar-refractivity contribution in [2.45, 2.75) is 18.7 Å². The lowest BCUT2D eigenvalue weighted by Gasteiger charge is -2.09. The number of rotatable bonds is 3. The minimum atomic E-state index is -3.64. The molecule has 6 heteroatoms. The van der Waals surface area contributed by atoms with E-state index in [9.17, 15) is 8.42 Å². The summed E-state index contributed by atoms with van der Waals surface area (Å²) >= 11 is 5.94. The number of benzene rings is 1. The van der Waals surface area contributed by atoms with Gasteiger partial charge in [0.05, 0.1) is 16.8 Å². The second-order valence-electron chi connectivity index (χ2n) is 4.27. The lowest BCUT2D eigenvalue weighted by atomic mass is 10.2. The Morgan fingerprint density at radius 2 is 1.89 bits per heavy atom. The van der Waals surface area contributed by atoms with Gasteiger partial charge in [0.15, 0.2) is 0 Å². The number of aryl methyl sites for hydroxylation is 2. The van der Waals surface area contributed by atoms with Gasteiger partial charge < -0.3 is 0 Å². The normalized spacial score (nSPS) is 11.3. The van der Waals surface area contributed by atoms with Crippen LogP contribution in [-0.4, -0.2) is 13.4 Å². The Morgan fingerprint density at radius 3 is 2.53 bits per heavy atom. The van der Waals surface area contributed by atoms with Crippen LogP contribution in [0.15, 0.2) is 41.6 Å². The molecule has 19 heavy (non-hydrogen) atoms. The Hall–Kier alpha value is -1.59. The highest BCUT2D eigenvalue weighted by molar-refractivity contribution is 7.92. The fourth-order valence-electron chi connectivity index (χ4n) is 1.57. The fourth-order valence-corrected chi connectivity index (χ4v) is 2.87. The van der Waals surface area contributed by atoms with Crippen molar-refractivity contribution in [1.29, 1.82) is 0 Å². The van der Waals surface area contributed by atoms with E-state index in [1.807, 2.05) is 13.8 Å². The molecule has 2 rings (SSSR count). The van der Waals surface area contributed by atoms with E-state index in [1.54, 1.807) is 18.3 Å². The highest BCUT2D eigenvalue weighted by atomic mass is 35.5. The average Bonchev–Trinajstić information content (AvgIpc) is 2.32. The smallest absolute Gasteiger partial charge is 0.261 e. The number of pyridine rings is 1. The predicted molar refractivity (Wildman–Crippen MR) is 76.0 cm³/mol. The van der Waals surface area contributed by atoms with Crippen LogP contribution in [0, 0.1) is 13.8 Å². The largest absolute Gasteiger partial charge is 0.278 e. The number of halogens is 1. The van der Waals surface area contributed by atoms with Gasteiger partial charge in [-0.15, -0.1) is 0 Å². The summed E-state index contributed by atoms with van der Waals surface area (Å²) in [5.74, 6) is 0. The van der Waals surface area contributed by atoms with Gasteiger partial charge in [-0.3, -0.25) is 9.71 Å². The zero-order chi connectivity index (χ0) is 14.0. The fraction of sp³-hybridized carbons (Fsp3) is 0.154. The number of hydrogen-bond donors (Lipinski definition) is 1. The van der Waals surface area contributed by atoms with E-state index in [-0.39, 0.29) is 4.90 Å². The van der Waals surface area contributed by atoms with Crippen LogP contribution in [0.3, 0.4) is 0 Å². The molecule has 1 aromatic heterocycles. The summed E-state index contributed by atoms with van der Waals surface area (Å²) in [6.45, 7) is 3.66. The zero-order valence-corrected chi connectivity index (χ0v) is 12.1. The van der Waals surface area contributed by atoms with Crippen molar-refractivity contribution in [1.82, 2.24) is 4.98 Å². The van der Waals surface area contributed by atoms with Crippen molar-refractivity contribution >= 4 is 27.3 Å². The molecule has 1 heterocycles. The van der Waals surface area contributed by atoms with E-state index >= 15 is 0 Å². The minimum Gasteiger partial charge on any atom is -0.278 e. The Bertz CT molecular complexity index is 714. The Morgan fingerprint density at radius 1 is 1.16 bits per heavy atom. The third kappa shape index (κ3) is 3.24. The summed E-state index contributed by atoms with van der Waals surface area (Å²) < 4.78 is 26.8. The molecular weight excluding hydrogens is 284 g/mol. The lowest BCUT2D eigenvalue weighted by molar-refractivity contribution is 0.601. The van der Waals surface area contributed by atoms with Gasteiger partial charge in [-0.1, -0.05) is 17.7 Å². The van der Waals surface area contributed by atoms with Crippen molar-refractivity contribution in [2.24, 2.45) is 0 Å². The molecular formula is C13H13ClN2O2S. The highest BCUT2D eigenvalue weighted by Crippen LogP contribution is 2.22. The van der Waals surface area contributed by atoms with Crippen LogP contribution in [-0.2, 0) is 10.0 Å². The maximum absolute atomic E-state index is 12.2. The summed E-state index contributed by atoms with van der Waals surface area (Å²) in [6.07, 6.45) is 3.11. The first-order chi connectivity index (χ1) is 8.88. The first-order valence-corrected chi connectivity index (χ1v) is 7.45. The summed E-state index contributed by atoms with van der Waals surface area (Å²) in [5, 5.41) is 0.422. The first-order valence-electron chi connectivity index (χ1n) is 5.59. The van der Waals surface area contributed by atoms with Crippen molar-refractivity contribution in [3.05, 3.63) is 52.8 Å². The molecule has 0 aliphatic rings. The van der Waals surface area contributed by atoms with E-state index in [1.165, 1.54) is 18.3 Å². The van der Waals surface area contributed by atoms with Gasteiger partial charge in [-0.2, -0.15) is 0 Å². The van der Waals surface area contributed by atoms with Crippen molar-refractivity contribution in [3.8, 4) is 0 Å². The zero-order valence-electron chi connectivity index (χ0n) is 10.5. The molecule has 0 bridgehead atoms. The molecule has 1 aromatic carbocycles. The van der Waals surface area contributed by atoms with Crippen LogP contribution in [0.4, 0.5) is 5.69 Å². The van der Waals surface area contributed by atoms with E-state index < -0.39 is 10.0 Å². The molecule has 0 aliphatic heterocycles. The average molecular weight is 297 g/mol. The molecule has 0 spiro atoms. The third-order valence-electron chi connectivity index (χ3n) is 2.58. The minimum absolute atomic E-state index is 0.129. The monoisotopic (exact) mass is 296 g/mol. The molecule has 0 saturated heterocycles. The third-order valence-corrected chi connectivity index (χ3v) is 4.37. The first kappa shape index (κ1) is 13.8. The quantitative estimate of drug-likeness (QED) is 0.946. The van der Waals surface area contributed by atoms with Crippen LogP contribution in [0.2, 0.25) is 5.02 Å². The molecule has 0 fully saturated rings. The van der Waals surface area contributed by atoms with Gasteiger partial charge in [-0.05, 0) is 43.2 Å². The van der Waals surface area contributed by atoms with Crippen LogP contribution >= 0.6 is 11.6 Å². The Labute approximate surface area is 117 Å². The second kappa shape index (κ2) is 5.19. The van der Waals surface area contributed by atoms with Gasteiger partial charge >= 0.3 is 0 Å². The summed E-state index contributed by atoms with van der Waals surface area (Å²) in [7, 11) is -3.64. The molecule has 0 amide bonds. The SMILES string of the molecule is Cc1cncc(NS(=O)(=O)c2ccc(C)c(Cl)c2)c1. The number of hydrogen-bond acceptors (Lipinski definition) is 3. The van der Waals surface area contributed by atoms with Crippen LogP contribution in [0.1, 0.15) is 11.1 Å². The molecule has 0 unspecified atom stereocenters. The van der Waals surface area contributed by atoms with Gasteiger partial charge in [0.1, 0.15) is 0 Å². The molecule has 0 radical (unpaired) electrons. The topological polar surface area (TPSA) is 59.1 Å². The standard InChI is InChI=1S/C13H13ClN2O2S/c1-9-5-11(8-15-7-9)16-19(17,18)12-4-3-10(2)13(14)6-12/h3-8,16H,1-2H3. The van der Waals surface area contributed by atoms with E-state index in [2.05, 4.69) is 9.71 Å². The summed E-state index contributed by atoms with van der Waals surface area (Å²) in [4.78, 5) is 4.07. The van der Waals surface area contributed by atoms with Gasteiger partial charge in [0.2, 0.25) is 0 Å². The molecule has 4 nitrogen and oxygen atoms in total. The second-order valence-corrected chi connectivity index (χ2v) is 6.36. The van der Waals surface area contributed by atoms with Gasteiger partial charge in [0.25, 0.3) is 10.0 Å². The van der Waals surface area contributed by atoms with Gasteiger partial charge in [0, 0.05) is 11.2 Å². The number of nitrogens with zero attached hydrogens (tertiary/aromatic N) is 1. The van der Waals surface area contributed by atoms with Crippen molar-refractivity contribution < 1.29 is 8.42 Å². The summed E-state index contributed by atoms with van der Waals surface area (Å²) in [5.41, 5.74) is 2.14. The van der Waals surface area contributed by atoms with Crippen molar-refractivity contribution in [2.75, 3.05) is 4.72 Å². The molecule has 0 saturated carbocycles. The molecule has 0 atom stereocenters. The number of sulfonamides is 1. The maximum Gasteiger partial charge on any atom is 0.261 e. The Kier molecular flexibility index (Phi) is 3.78. The molecule has 0 aliphatic carbocycles. The van der Waals surface area contributed by atoms with Crippen LogP contribution < -0.4 is 4.72 Å². The Balaban J connectivity index is 2.35. The molecule has 2 aromatic rings. The maximum atomic E-state index is 12.2. The number of aromatic nitrogens is 1. The molecule has 1 N–H and O–H groups in total. The van der Waals surface area contributed by atoms with Crippen molar-refractivity contribution in [3.63, 3.8) is 0 Å². The lowest BCUT2D eigenvalue weighted by Crippen LogP contribution is -2.13. The number of anilines is 1. The van der Waals surface area contributed by atoms with Crippen LogP contribution in [0.5, 0.6) is 0 Å². The van der Waals surface area contributed by atoms with Gasteiger partial charge in [-0.25, -0.2) is 8.42 Å². The predicted octanol–water partition coefficient (Wildman–Crippen LogP) is 3.15. The van der Waals surface area contributed by atoms with Crippen LogP contribution in [0.25, 0.3) is 0 Å². The number of nitrogens with one attached hydrogen (secondary N) is 1. The van der Waals surface area contributed by atoms with E-state index in [0.717, 1.165) is 11.1 Å². The summed E-state index contributed by atoms with van der Waals surface area (Å²) in [6, 6.07) is 6.33. The molecule has 100 valence electrons. The van der Waals surface area contributed by atoms with E-state index in [4.69, 9.17) is 11.6 Å². The van der Waals surface area contributed by atoms with E-state index in [0.29, 0.717) is 10.7 Å². The highest BCUT2D eigenvalue weighted by Gasteiger charge is 2.15.